The largest absolute Gasteiger partial charge is 0.480 e. The van der Waals surface area contributed by atoms with Crippen molar-refractivity contribution in [3.8, 4) is 5.75 Å². The summed E-state index contributed by atoms with van der Waals surface area (Å²) in [6.07, 6.45) is 4.38. The van der Waals surface area contributed by atoms with Gasteiger partial charge in [-0.05, 0) is 55.5 Å². The van der Waals surface area contributed by atoms with Gasteiger partial charge in [0.15, 0.2) is 6.10 Å². The number of para-hydroxylation sites is 1. The Balaban J connectivity index is 1.21. The summed E-state index contributed by atoms with van der Waals surface area (Å²) >= 11 is 0. The highest BCUT2D eigenvalue weighted by Crippen LogP contribution is 2.29. The monoisotopic (exact) mass is 391 g/mol. The first-order valence-electron chi connectivity index (χ1n) is 10.4. The maximum Gasteiger partial charge on any atom is 0.265 e. The topological polar surface area (TPSA) is 79.5 Å². The van der Waals surface area contributed by atoms with E-state index in [0.29, 0.717) is 29.8 Å². The van der Waals surface area contributed by atoms with Crippen molar-refractivity contribution in [2.45, 2.75) is 56.3 Å². The quantitative estimate of drug-likeness (QED) is 0.749. The van der Waals surface area contributed by atoms with Gasteiger partial charge < -0.3 is 20.7 Å². The van der Waals surface area contributed by atoms with E-state index >= 15 is 0 Å². The average molecular weight is 391 g/mol. The summed E-state index contributed by atoms with van der Waals surface area (Å²) < 4.78 is 5.75. The van der Waals surface area contributed by atoms with E-state index in [2.05, 4.69) is 16.0 Å². The van der Waals surface area contributed by atoms with Gasteiger partial charge in [-0.15, -0.1) is 0 Å². The summed E-state index contributed by atoms with van der Waals surface area (Å²) in [5.74, 6) is 0.474. The van der Waals surface area contributed by atoms with Crippen LogP contribution < -0.4 is 20.7 Å². The van der Waals surface area contributed by atoms with Crippen molar-refractivity contribution in [2.75, 3.05) is 5.32 Å². The molecule has 29 heavy (non-hydrogen) atoms. The lowest BCUT2D eigenvalue weighted by Gasteiger charge is -2.29. The molecule has 6 nitrogen and oxygen atoms in total. The molecule has 3 unspecified atom stereocenters. The molecule has 3 atom stereocenters. The molecule has 3 aliphatic rings. The molecule has 0 spiro atoms. The van der Waals surface area contributed by atoms with Crippen LogP contribution in [-0.4, -0.2) is 36.0 Å². The summed E-state index contributed by atoms with van der Waals surface area (Å²) in [5, 5.41) is 9.64. The van der Waals surface area contributed by atoms with E-state index in [0.717, 1.165) is 24.2 Å². The molecule has 150 valence electrons. The molecule has 2 aromatic carbocycles. The van der Waals surface area contributed by atoms with Gasteiger partial charge in [0, 0.05) is 35.8 Å². The molecule has 3 N–H and O–H groups in total. The predicted molar refractivity (Wildman–Crippen MR) is 110 cm³/mol. The van der Waals surface area contributed by atoms with Crippen molar-refractivity contribution >= 4 is 17.5 Å². The molecular formula is C23H25N3O3. The Kier molecular flexibility index (Phi) is 4.72. The van der Waals surface area contributed by atoms with E-state index < -0.39 is 6.10 Å². The smallest absolute Gasteiger partial charge is 0.265 e. The van der Waals surface area contributed by atoms with E-state index in [1.54, 1.807) is 24.3 Å². The zero-order valence-corrected chi connectivity index (χ0v) is 16.2. The molecule has 3 heterocycles. The molecule has 0 aromatic heterocycles. The first-order valence-corrected chi connectivity index (χ1v) is 10.4. The molecule has 0 aliphatic carbocycles. The zero-order chi connectivity index (χ0) is 19.8. The number of carbonyl (C=O) groups excluding carboxylic acids is 2. The molecule has 2 amide bonds. The van der Waals surface area contributed by atoms with Crippen LogP contribution >= 0.6 is 0 Å². The van der Waals surface area contributed by atoms with Crippen LogP contribution in [0, 0.1) is 0 Å². The average Bonchev–Trinajstić information content (AvgIpc) is 3.31. The molecule has 6 heteroatoms. The fraction of sp³-hybridized carbons (Fsp3) is 0.391. The second-order valence-corrected chi connectivity index (χ2v) is 8.27. The number of rotatable bonds is 4. The van der Waals surface area contributed by atoms with Gasteiger partial charge >= 0.3 is 0 Å². The number of hydrogen-bond acceptors (Lipinski definition) is 4. The summed E-state index contributed by atoms with van der Waals surface area (Å²) in [4.78, 5) is 25.3. The van der Waals surface area contributed by atoms with Crippen LogP contribution in [0.4, 0.5) is 5.69 Å². The summed E-state index contributed by atoms with van der Waals surface area (Å²) in [7, 11) is 0. The lowest BCUT2D eigenvalue weighted by molar-refractivity contribution is -0.122. The van der Waals surface area contributed by atoms with Crippen LogP contribution in [0.1, 0.15) is 41.6 Å². The Bertz CT molecular complexity index is 907. The minimum absolute atomic E-state index is 0.0862. The number of fused-ring (bicyclic) bond motifs is 3. The maximum absolute atomic E-state index is 12.7. The van der Waals surface area contributed by atoms with Gasteiger partial charge in [-0.25, -0.2) is 0 Å². The van der Waals surface area contributed by atoms with Crippen molar-refractivity contribution in [3.63, 3.8) is 0 Å². The van der Waals surface area contributed by atoms with Crippen molar-refractivity contribution in [3.05, 3.63) is 59.7 Å². The number of benzene rings is 2. The van der Waals surface area contributed by atoms with Crippen LogP contribution in [0.5, 0.6) is 5.75 Å². The normalized spacial score (nSPS) is 27.0. The Labute approximate surface area is 170 Å². The van der Waals surface area contributed by atoms with E-state index in [-0.39, 0.29) is 17.9 Å². The maximum atomic E-state index is 12.7. The van der Waals surface area contributed by atoms with Crippen molar-refractivity contribution in [2.24, 2.45) is 0 Å². The van der Waals surface area contributed by atoms with Gasteiger partial charge in [0.25, 0.3) is 11.8 Å². The molecule has 5 rings (SSSR count). The number of ether oxygens (including phenoxy) is 1. The van der Waals surface area contributed by atoms with Gasteiger partial charge in [0.1, 0.15) is 5.75 Å². The molecule has 0 saturated carbocycles. The number of hydrogen-bond donors (Lipinski definition) is 3. The summed E-state index contributed by atoms with van der Waals surface area (Å²) in [6, 6.07) is 16.1. The van der Waals surface area contributed by atoms with Crippen molar-refractivity contribution in [1.29, 1.82) is 0 Å². The van der Waals surface area contributed by atoms with E-state index in [9.17, 15) is 9.59 Å². The SMILES string of the molecule is O=C(NC1CC2CCC(C1)N2)c1cccc(NC(=O)C2Cc3ccccc3O2)c1. The highest BCUT2D eigenvalue weighted by Gasteiger charge is 2.34. The Morgan fingerprint density at radius 2 is 1.79 bits per heavy atom. The number of piperidine rings is 1. The summed E-state index contributed by atoms with van der Waals surface area (Å²) in [5.41, 5.74) is 2.20. The second kappa shape index (κ2) is 7.52. The lowest BCUT2D eigenvalue weighted by Crippen LogP contribution is -2.48. The summed E-state index contributed by atoms with van der Waals surface area (Å²) in [6.45, 7) is 0. The van der Waals surface area contributed by atoms with Gasteiger partial charge in [-0.2, -0.15) is 0 Å². The number of carbonyl (C=O) groups is 2. The first-order chi connectivity index (χ1) is 14.1. The molecule has 3 aliphatic heterocycles. The molecular weight excluding hydrogens is 366 g/mol. The van der Waals surface area contributed by atoms with Crippen LogP contribution in [-0.2, 0) is 11.2 Å². The molecule has 2 fully saturated rings. The van der Waals surface area contributed by atoms with E-state index in [1.807, 2.05) is 24.3 Å². The fourth-order valence-electron chi connectivity index (χ4n) is 4.73. The predicted octanol–water partition coefficient (Wildman–Crippen LogP) is 2.64. The third-order valence-corrected chi connectivity index (χ3v) is 6.14. The second-order valence-electron chi connectivity index (χ2n) is 8.27. The van der Waals surface area contributed by atoms with E-state index in [4.69, 9.17) is 4.74 Å². The van der Waals surface area contributed by atoms with Gasteiger partial charge in [-0.3, -0.25) is 9.59 Å². The van der Waals surface area contributed by atoms with Crippen molar-refractivity contribution in [1.82, 2.24) is 10.6 Å². The zero-order valence-electron chi connectivity index (χ0n) is 16.2. The van der Waals surface area contributed by atoms with Gasteiger partial charge in [0.05, 0.1) is 0 Å². The van der Waals surface area contributed by atoms with E-state index in [1.165, 1.54) is 12.8 Å². The van der Waals surface area contributed by atoms with Crippen LogP contribution in [0.25, 0.3) is 0 Å². The molecule has 2 bridgehead atoms. The van der Waals surface area contributed by atoms with Crippen LogP contribution in [0.3, 0.4) is 0 Å². The third-order valence-electron chi connectivity index (χ3n) is 6.14. The Morgan fingerprint density at radius 3 is 2.59 bits per heavy atom. The first kappa shape index (κ1) is 18.2. The van der Waals surface area contributed by atoms with Gasteiger partial charge in [0.2, 0.25) is 0 Å². The van der Waals surface area contributed by atoms with Crippen molar-refractivity contribution < 1.29 is 14.3 Å². The molecule has 0 radical (unpaired) electrons. The number of amides is 2. The highest BCUT2D eigenvalue weighted by molar-refractivity contribution is 5.98. The Morgan fingerprint density at radius 1 is 1.00 bits per heavy atom. The molecule has 2 saturated heterocycles. The standard InChI is InChI=1S/C23H25N3O3/c27-22(26-19-12-17-8-9-18(13-19)24-17)15-5-3-6-16(10-15)25-23(28)21-11-14-4-1-2-7-20(14)29-21/h1-7,10,17-19,21,24H,8-9,11-13H2,(H,25,28)(H,26,27). The number of nitrogens with one attached hydrogen (secondary N) is 3. The minimum Gasteiger partial charge on any atom is -0.480 e. The fourth-order valence-corrected chi connectivity index (χ4v) is 4.73. The highest BCUT2D eigenvalue weighted by atomic mass is 16.5. The third kappa shape index (κ3) is 3.85. The molecule has 2 aromatic rings. The van der Waals surface area contributed by atoms with Gasteiger partial charge in [-0.1, -0.05) is 24.3 Å². The minimum atomic E-state index is -0.546. The Hall–Kier alpha value is -2.86. The number of anilines is 1. The van der Waals surface area contributed by atoms with Crippen LogP contribution in [0.15, 0.2) is 48.5 Å². The lowest BCUT2D eigenvalue weighted by atomic mass is 9.99. The van der Waals surface area contributed by atoms with Crippen LogP contribution in [0.2, 0.25) is 0 Å².